The Hall–Kier alpha value is -0.640. The molecule has 174 valence electrons. The van der Waals surface area contributed by atoms with E-state index in [1.165, 1.54) is 87.6 Å². The van der Waals surface area contributed by atoms with E-state index in [0.717, 1.165) is 12.5 Å². The van der Waals surface area contributed by atoms with Gasteiger partial charge in [-0.1, -0.05) is 55.4 Å². The van der Waals surface area contributed by atoms with Crippen molar-refractivity contribution in [2.75, 3.05) is 6.54 Å². The third kappa shape index (κ3) is 3.57. The third-order valence-corrected chi connectivity index (χ3v) is 11.6. The predicted molar refractivity (Wildman–Crippen MR) is 137 cm³/mol. The van der Waals surface area contributed by atoms with Crippen LogP contribution < -0.4 is 11.1 Å². The Labute approximate surface area is 204 Å². The fraction of sp³-hybridized carbons (Fsp3) is 0.750. The van der Waals surface area contributed by atoms with E-state index < -0.39 is 0 Å². The SMILES string of the molecule is NCC1CCC(NC(=S)C23CC4CC(c5ccccc5)(CC(C2)C4(Cl)CC2CC2)C3)CC1. The summed E-state index contributed by atoms with van der Waals surface area (Å²) < 4.78 is 0. The molecule has 6 aliphatic rings. The van der Waals surface area contributed by atoms with Gasteiger partial charge in [0.15, 0.2) is 0 Å². The Morgan fingerprint density at radius 3 is 2.16 bits per heavy atom. The maximum Gasteiger partial charge on any atom is 0.0818 e. The number of hydrogen-bond acceptors (Lipinski definition) is 2. The molecule has 0 radical (unpaired) electrons. The second-order valence-corrected chi connectivity index (χ2v) is 13.4. The Morgan fingerprint density at radius 1 is 0.938 bits per heavy atom. The van der Waals surface area contributed by atoms with E-state index in [1.54, 1.807) is 0 Å². The van der Waals surface area contributed by atoms with Gasteiger partial charge in [0.2, 0.25) is 0 Å². The molecule has 4 heteroatoms. The monoisotopic (exact) mass is 470 g/mol. The second-order valence-electron chi connectivity index (χ2n) is 12.3. The van der Waals surface area contributed by atoms with Crippen molar-refractivity contribution in [2.24, 2.45) is 34.8 Å². The molecule has 6 aliphatic carbocycles. The maximum atomic E-state index is 7.63. The Balaban J connectivity index is 1.28. The molecule has 0 spiro atoms. The Kier molecular flexibility index (Phi) is 5.43. The molecule has 32 heavy (non-hydrogen) atoms. The zero-order chi connectivity index (χ0) is 22.0. The largest absolute Gasteiger partial charge is 0.376 e. The van der Waals surface area contributed by atoms with Crippen molar-refractivity contribution in [1.82, 2.24) is 5.32 Å². The zero-order valence-corrected chi connectivity index (χ0v) is 20.9. The van der Waals surface area contributed by atoms with Crippen LogP contribution in [0.15, 0.2) is 30.3 Å². The van der Waals surface area contributed by atoms with E-state index in [0.29, 0.717) is 23.8 Å². The number of benzene rings is 1. The fourth-order valence-electron chi connectivity index (χ4n) is 8.52. The lowest BCUT2D eigenvalue weighted by molar-refractivity contribution is -0.0715. The van der Waals surface area contributed by atoms with E-state index in [4.69, 9.17) is 29.6 Å². The molecular weight excluding hydrogens is 432 g/mol. The third-order valence-electron chi connectivity index (χ3n) is 10.3. The van der Waals surface area contributed by atoms with Gasteiger partial charge in [-0.25, -0.2) is 0 Å². The van der Waals surface area contributed by atoms with Gasteiger partial charge in [0.05, 0.1) is 9.86 Å². The minimum Gasteiger partial charge on any atom is -0.376 e. The van der Waals surface area contributed by atoms with Crippen LogP contribution in [0.1, 0.15) is 82.6 Å². The lowest BCUT2D eigenvalue weighted by atomic mass is 9.39. The molecule has 0 heterocycles. The first kappa shape index (κ1) is 21.9. The van der Waals surface area contributed by atoms with Crippen molar-refractivity contribution in [2.45, 2.75) is 93.4 Å². The van der Waals surface area contributed by atoms with Gasteiger partial charge in [0, 0.05) is 11.5 Å². The number of hydrogen-bond donors (Lipinski definition) is 2. The molecule has 0 amide bonds. The van der Waals surface area contributed by atoms with E-state index in [9.17, 15) is 0 Å². The predicted octanol–water partition coefficient (Wildman–Crippen LogP) is 6.35. The average Bonchev–Trinajstić information content (AvgIpc) is 3.62. The van der Waals surface area contributed by atoms with Crippen molar-refractivity contribution in [3.05, 3.63) is 35.9 Å². The van der Waals surface area contributed by atoms with Crippen LogP contribution in [0.25, 0.3) is 0 Å². The topological polar surface area (TPSA) is 38.0 Å². The summed E-state index contributed by atoms with van der Waals surface area (Å²) in [5, 5.41) is 3.92. The molecule has 3 N–H and O–H groups in total. The molecule has 0 aromatic heterocycles. The van der Waals surface area contributed by atoms with Crippen molar-refractivity contribution in [3.8, 4) is 0 Å². The van der Waals surface area contributed by atoms with Crippen LogP contribution in [-0.4, -0.2) is 22.4 Å². The number of nitrogens with one attached hydrogen (secondary N) is 1. The number of rotatable bonds is 6. The zero-order valence-electron chi connectivity index (χ0n) is 19.3. The van der Waals surface area contributed by atoms with Gasteiger partial charge in [-0.05, 0) is 105 Å². The van der Waals surface area contributed by atoms with Gasteiger partial charge >= 0.3 is 0 Å². The molecule has 2 nitrogen and oxygen atoms in total. The number of halogens is 1. The normalized spacial score (nSPS) is 45.1. The summed E-state index contributed by atoms with van der Waals surface area (Å²) in [5.41, 5.74) is 7.87. The number of alkyl halides is 1. The summed E-state index contributed by atoms with van der Waals surface area (Å²) >= 11 is 13.9. The first-order valence-corrected chi connectivity index (χ1v) is 14.0. The Bertz CT molecular complexity index is 841. The van der Waals surface area contributed by atoms with Crippen LogP contribution in [0, 0.1) is 29.1 Å². The average molecular weight is 471 g/mol. The van der Waals surface area contributed by atoms with Gasteiger partial charge < -0.3 is 11.1 Å². The molecule has 6 fully saturated rings. The quantitative estimate of drug-likeness (QED) is 0.376. The summed E-state index contributed by atoms with van der Waals surface area (Å²) in [6.45, 7) is 0.836. The minimum atomic E-state index is 0.0121. The lowest BCUT2D eigenvalue weighted by Gasteiger charge is -2.68. The highest BCUT2D eigenvalue weighted by Crippen LogP contribution is 2.72. The highest BCUT2D eigenvalue weighted by Gasteiger charge is 2.68. The summed E-state index contributed by atoms with van der Waals surface area (Å²) in [6, 6.07) is 11.9. The summed E-state index contributed by atoms with van der Waals surface area (Å²) in [4.78, 5) is 1.19. The van der Waals surface area contributed by atoms with Crippen LogP contribution in [0.2, 0.25) is 0 Å². The van der Waals surface area contributed by atoms with E-state index in [2.05, 4.69) is 35.6 Å². The van der Waals surface area contributed by atoms with Crippen molar-refractivity contribution < 1.29 is 0 Å². The first-order valence-electron chi connectivity index (χ1n) is 13.2. The number of nitrogens with two attached hydrogens (primary N) is 1. The molecule has 0 saturated heterocycles. The van der Waals surface area contributed by atoms with E-state index in [-0.39, 0.29) is 15.7 Å². The Morgan fingerprint density at radius 2 is 1.56 bits per heavy atom. The smallest absolute Gasteiger partial charge is 0.0818 e. The van der Waals surface area contributed by atoms with Crippen molar-refractivity contribution >= 4 is 28.8 Å². The van der Waals surface area contributed by atoms with E-state index in [1.807, 2.05) is 0 Å². The highest BCUT2D eigenvalue weighted by atomic mass is 35.5. The second kappa shape index (κ2) is 7.95. The molecular formula is C28H39ClN2S. The van der Waals surface area contributed by atoms with Gasteiger partial charge in [0.1, 0.15) is 0 Å². The van der Waals surface area contributed by atoms with Crippen LogP contribution in [-0.2, 0) is 5.41 Å². The summed E-state index contributed by atoms with van der Waals surface area (Å²) in [5.74, 6) is 2.79. The minimum absolute atomic E-state index is 0.0121. The van der Waals surface area contributed by atoms with Gasteiger partial charge in [-0.2, -0.15) is 0 Å². The molecule has 7 rings (SSSR count). The molecule has 2 unspecified atom stereocenters. The van der Waals surface area contributed by atoms with Crippen LogP contribution >= 0.6 is 23.8 Å². The summed E-state index contributed by atoms with van der Waals surface area (Å²) in [6.07, 6.45) is 15.1. The molecule has 6 saturated carbocycles. The fourth-order valence-corrected chi connectivity index (χ4v) is 9.45. The van der Waals surface area contributed by atoms with E-state index >= 15 is 0 Å². The first-order chi connectivity index (χ1) is 15.4. The maximum absolute atomic E-state index is 7.63. The van der Waals surface area contributed by atoms with Crippen molar-refractivity contribution in [3.63, 3.8) is 0 Å². The van der Waals surface area contributed by atoms with Gasteiger partial charge in [0.25, 0.3) is 0 Å². The molecule has 1 aromatic carbocycles. The standard InChI is InChI=1S/C28H39ClN2S/c29-28(12-19-6-7-19)22-13-26(21-4-2-1-3-5-21)14-23(28)16-27(15-22,18-26)25(32)31-24-10-8-20(17-30)9-11-24/h1-5,19-20,22-24H,6-18,30H2,(H,31,32). The number of thiocarbonyl (C=S) groups is 1. The van der Waals surface area contributed by atoms with Crippen molar-refractivity contribution in [1.29, 1.82) is 0 Å². The highest BCUT2D eigenvalue weighted by molar-refractivity contribution is 7.80. The van der Waals surface area contributed by atoms with Crippen LogP contribution in [0.4, 0.5) is 0 Å². The molecule has 4 bridgehead atoms. The molecule has 0 aliphatic heterocycles. The molecule has 1 aromatic rings. The summed E-state index contributed by atoms with van der Waals surface area (Å²) in [7, 11) is 0. The lowest BCUT2D eigenvalue weighted by Crippen LogP contribution is -2.66. The molecule has 2 atom stereocenters. The van der Waals surface area contributed by atoms with Crippen LogP contribution in [0.5, 0.6) is 0 Å². The van der Waals surface area contributed by atoms with Gasteiger partial charge in [-0.3, -0.25) is 0 Å². The van der Waals surface area contributed by atoms with Crippen LogP contribution in [0.3, 0.4) is 0 Å². The van der Waals surface area contributed by atoms with Gasteiger partial charge in [-0.15, -0.1) is 11.6 Å².